The minimum Gasteiger partial charge on any atom is -0.480 e. The molecule has 0 radical (unpaired) electrons. The number of carboxylic acid groups (broad SMARTS) is 1. The lowest BCUT2D eigenvalue weighted by Crippen LogP contribution is -2.50. The molecule has 1 atom stereocenters. The zero-order valence-corrected chi connectivity index (χ0v) is 12.4. The number of hydrogen-bond donors (Lipinski definition) is 2. The average Bonchev–Trinajstić information content (AvgIpc) is 2.44. The molecule has 1 aliphatic heterocycles. The molecule has 1 saturated heterocycles. The Morgan fingerprint density at radius 1 is 1.47 bits per heavy atom. The standard InChI is InChI=1S/C14H28N2O3/c1-4-14(15-2,13(17)18)8-5-9-16-10-6-12(19-3)7-11-16/h12,15H,4-11H2,1-3H3,(H,17,18). The maximum atomic E-state index is 11.4. The van der Waals surface area contributed by atoms with Gasteiger partial charge in [0.05, 0.1) is 6.10 Å². The first-order valence-corrected chi connectivity index (χ1v) is 7.25. The van der Waals surface area contributed by atoms with E-state index < -0.39 is 11.5 Å². The van der Waals surface area contributed by atoms with Gasteiger partial charge in [0.15, 0.2) is 0 Å². The van der Waals surface area contributed by atoms with E-state index in [1.54, 1.807) is 14.2 Å². The summed E-state index contributed by atoms with van der Waals surface area (Å²) in [5.41, 5.74) is -0.759. The molecule has 0 bridgehead atoms. The van der Waals surface area contributed by atoms with Crippen LogP contribution in [0.25, 0.3) is 0 Å². The number of ether oxygens (including phenoxy) is 1. The monoisotopic (exact) mass is 272 g/mol. The molecule has 5 nitrogen and oxygen atoms in total. The van der Waals surface area contributed by atoms with E-state index in [1.807, 2.05) is 6.92 Å². The smallest absolute Gasteiger partial charge is 0.323 e. The van der Waals surface area contributed by atoms with Gasteiger partial charge in [-0.15, -0.1) is 0 Å². The topological polar surface area (TPSA) is 61.8 Å². The molecule has 0 saturated carbocycles. The van der Waals surface area contributed by atoms with Gasteiger partial charge in [0.1, 0.15) is 5.54 Å². The molecule has 1 rings (SSSR count). The summed E-state index contributed by atoms with van der Waals surface area (Å²) >= 11 is 0. The molecule has 1 fully saturated rings. The van der Waals surface area contributed by atoms with Gasteiger partial charge in [0.25, 0.3) is 0 Å². The van der Waals surface area contributed by atoms with Crippen molar-refractivity contribution >= 4 is 5.97 Å². The highest BCUT2D eigenvalue weighted by atomic mass is 16.5. The maximum Gasteiger partial charge on any atom is 0.323 e. The Morgan fingerprint density at radius 2 is 2.11 bits per heavy atom. The number of methoxy groups -OCH3 is 1. The van der Waals surface area contributed by atoms with Crippen molar-refractivity contribution in [1.29, 1.82) is 0 Å². The van der Waals surface area contributed by atoms with Gasteiger partial charge in [-0.05, 0) is 45.7 Å². The molecule has 19 heavy (non-hydrogen) atoms. The van der Waals surface area contributed by atoms with E-state index in [0.717, 1.165) is 38.9 Å². The second kappa shape index (κ2) is 7.82. The van der Waals surface area contributed by atoms with Gasteiger partial charge < -0.3 is 20.1 Å². The Hall–Kier alpha value is -0.650. The molecule has 0 aromatic carbocycles. The van der Waals surface area contributed by atoms with E-state index in [9.17, 15) is 9.90 Å². The Balaban J connectivity index is 2.31. The second-order valence-electron chi connectivity index (χ2n) is 5.37. The molecule has 1 unspecified atom stereocenters. The first-order chi connectivity index (χ1) is 9.07. The Morgan fingerprint density at radius 3 is 2.53 bits per heavy atom. The van der Waals surface area contributed by atoms with Crippen LogP contribution in [0.15, 0.2) is 0 Å². The molecular formula is C14H28N2O3. The third-order valence-corrected chi connectivity index (χ3v) is 4.44. The van der Waals surface area contributed by atoms with Crippen molar-refractivity contribution in [3.63, 3.8) is 0 Å². The van der Waals surface area contributed by atoms with E-state index in [4.69, 9.17) is 4.74 Å². The normalized spacial score (nSPS) is 21.2. The minimum atomic E-state index is -0.759. The SMILES string of the molecule is CCC(CCCN1CCC(OC)CC1)(NC)C(=O)O. The summed E-state index contributed by atoms with van der Waals surface area (Å²) in [5, 5.41) is 12.3. The number of nitrogens with one attached hydrogen (secondary N) is 1. The van der Waals surface area contributed by atoms with Crippen molar-refractivity contribution in [1.82, 2.24) is 10.2 Å². The van der Waals surface area contributed by atoms with Gasteiger partial charge in [-0.2, -0.15) is 0 Å². The number of carboxylic acids is 1. The molecule has 0 aromatic heterocycles. The van der Waals surface area contributed by atoms with E-state index >= 15 is 0 Å². The van der Waals surface area contributed by atoms with Gasteiger partial charge in [-0.1, -0.05) is 6.92 Å². The van der Waals surface area contributed by atoms with Crippen molar-refractivity contribution in [3.05, 3.63) is 0 Å². The highest BCUT2D eigenvalue weighted by Crippen LogP contribution is 2.19. The molecule has 1 heterocycles. The van der Waals surface area contributed by atoms with E-state index in [2.05, 4.69) is 10.2 Å². The van der Waals surface area contributed by atoms with Gasteiger partial charge in [-0.3, -0.25) is 4.79 Å². The molecule has 0 amide bonds. The predicted octanol–water partition coefficient (Wildman–Crippen LogP) is 1.33. The van der Waals surface area contributed by atoms with Gasteiger partial charge in [0.2, 0.25) is 0 Å². The van der Waals surface area contributed by atoms with Crippen LogP contribution in [-0.2, 0) is 9.53 Å². The zero-order chi connectivity index (χ0) is 14.3. The number of piperidine rings is 1. The van der Waals surface area contributed by atoms with Crippen LogP contribution in [0.4, 0.5) is 0 Å². The van der Waals surface area contributed by atoms with Crippen LogP contribution >= 0.6 is 0 Å². The number of hydrogen-bond acceptors (Lipinski definition) is 4. The van der Waals surface area contributed by atoms with Crippen LogP contribution in [-0.4, -0.2) is 61.4 Å². The molecule has 5 heteroatoms. The molecule has 0 aromatic rings. The van der Waals surface area contributed by atoms with E-state index in [0.29, 0.717) is 18.9 Å². The van der Waals surface area contributed by atoms with Crippen molar-refractivity contribution in [2.75, 3.05) is 33.8 Å². The van der Waals surface area contributed by atoms with Crippen molar-refractivity contribution < 1.29 is 14.6 Å². The van der Waals surface area contributed by atoms with Crippen molar-refractivity contribution in [2.45, 2.75) is 50.7 Å². The van der Waals surface area contributed by atoms with Gasteiger partial charge in [0, 0.05) is 20.2 Å². The Kier molecular flexibility index (Phi) is 6.75. The Labute approximate surface area is 116 Å². The summed E-state index contributed by atoms with van der Waals surface area (Å²) in [6.45, 7) is 5.02. The number of rotatable bonds is 8. The summed E-state index contributed by atoms with van der Waals surface area (Å²) in [4.78, 5) is 13.8. The van der Waals surface area contributed by atoms with E-state index in [1.165, 1.54) is 0 Å². The summed E-state index contributed by atoms with van der Waals surface area (Å²) in [5.74, 6) is -0.740. The lowest BCUT2D eigenvalue weighted by Gasteiger charge is -2.33. The average molecular weight is 272 g/mol. The molecule has 0 aliphatic carbocycles. The third kappa shape index (κ3) is 4.44. The number of likely N-dealkylation sites (tertiary alicyclic amines) is 1. The summed E-state index contributed by atoms with van der Waals surface area (Å²) < 4.78 is 5.35. The zero-order valence-electron chi connectivity index (χ0n) is 12.4. The summed E-state index contributed by atoms with van der Waals surface area (Å²) in [7, 11) is 3.51. The number of carbonyl (C=O) groups is 1. The highest BCUT2D eigenvalue weighted by Gasteiger charge is 2.34. The molecule has 112 valence electrons. The fraction of sp³-hybridized carbons (Fsp3) is 0.929. The number of likely N-dealkylation sites (N-methyl/N-ethyl adjacent to an activating group) is 1. The van der Waals surface area contributed by atoms with Crippen LogP contribution in [0, 0.1) is 0 Å². The summed E-state index contributed by atoms with van der Waals surface area (Å²) in [6, 6.07) is 0. The summed E-state index contributed by atoms with van der Waals surface area (Å²) in [6.07, 6.45) is 4.78. The number of nitrogens with zero attached hydrogens (tertiary/aromatic N) is 1. The van der Waals surface area contributed by atoms with Crippen LogP contribution in [0.5, 0.6) is 0 Å². The second-order valence-corrected chi connectivity index (χ2v) is 5.37. The maximum absolute atomic E-state index is 11.4. The quantitative estimate of drug-likeness (QED) is 0.698. The van der Waals surface area contributed by atoms with Crippen molar-refractivity contribution in [3.8, 4) is 0 Å². The van der Waals surface area contributed by atoms with Gasteiger partial charge >= 0.3 is 5.97 Å². The van der Waals surface area contributed by atoms with Crippen LogP contribution in [0.3, 0.4) is 0 Å². The van der Waals surface area contributed by atoms with Crippen LogP contribution < -0.4 is 5.32 Å². The lowest BCUT2D eigenvalue weighted by atomic mass is 9.90. The fourth-order valence-corrected chi connectivity index (χ4v) is 2.82. The largest absolute Gasteiger partial charge is 0.480 e. The fourth-order valence-electron chi connectivity index (χ4n) is 2.82. The Bertz CT molecular complexity index is 272. The lowest BCUT2D eigenvalue weighted by molar-refractivity contribution is -0.145. The molecule has 2 N–H and O–H groups in total. The van der Waals surface area contributed by atoms with Crippen LogP contribution in [0.2, 0.25) is 0 Å². The number of aliphatic carboxylic acids is 1. The van der Waals surface area contributed by atoms with E-state index in [-0.39, 0.29) is 0 Å². The third-order valence-electron chi connectivity index (χ3n) is 4.44. The molecule has 1 aliphatic rings. The molecular weight excluding hydrogens is 244 g/mol. The minimum absolute atomic E-state index is 0.405. The first-order valence-electron chi connectivity index (χ1n) is 7.25. The highest BCUT2D eigenvalue weighted by molar-refractivity contribution is 5.78. The van der Waals surface area contributed by atoms with Crippen LogP contribution in [0.1, 0.15) is 39.0 Å². The van der Waals surface area contributed by atoms with Crippen molar-refractivity contribution in [2.24, 2.45) is 0 Å². The first kappa shape index (κ1) is 16.4. The van der Waals surface area contributed by atoms with Gasteiger partial charge in [-0.25, -0.2) is 0 Å². The predicted molar refractivity (Wildman–Crippen MR) is 75.4 cm³/mol. The molecule has 0 spiro atoms.